The number of sulfonamides is 1. The van der Waals surface area contributed by atoms with Gasteiger partial charge in [-0.2, -0.15) is 0 Å². The monoisotopic (exact) mass is 423 g/mol. The smallest absolute Gasteiger partial charge is 0.264 e. The van der Waals surface area contributed by atoms with E-state index in [2.05, 4.69) is 25.2 Å². The quantitative estimate of drug-likeness (QED) is 0.488. The molecule has 0 spiro atoms. The van der Waals surface area contributed by atoms with Crippen LogP contribution >= 0.6 is 0 Å². The summed E-state index contributed by atoms with van der Waals surface area (Å²) >= 11 is 0. The fourth-order valence-electron chi connectivity index (χ4n) is 2.84. The van der Waals surface area contributed by atoms with E-state index in [1.807, 2.05) is 25.1 Å². The first-order valence-corrected chi connectivity index (χ1v) is 10.4. The second-order valence-electron chi connectivity index (χ2n) is 6.56. The van der Waals surface area contributed by atoms with Crippen LogP contribution in [0.25, 0.3) is 11.0 Å². The highest BCUT2D eigenvalue weighted by molar-refractivity contribution is 7.92. The van der Waals surface area contributed by atoms with Crippen LogP contribution in [0.1, 0.15) is 11.3 Å². The predicted molar refractivity (Wildman–Crippen MR) is 110 cm³/mol. The standard InChI is InChI=1S/C20H17N5O4S/c1-13-3-8-18-16(11-13)17(24-29-18)12-19(26)23-14-4-6-15(7-5-14)30(27,28)25-20-21-9-2-10-22-20/h2-11H,12H2,1H3,(H,23,26)(H,21,22,25). The minimum Gasteiger partial charge on any atom is -0.356 e. The lowest BCUT2D eigenvalue weighted by Gasteiger charge is -2.08. The predicted octanol–water partition coefficient (Wildman–Crippen LogP) is 2.91. The molecule has 10 heteroatoms. The van der Waals surface area contributed by atoms with Crippen molar-refractivity contribution < 1.29 is 17.7 Å². The Kier molecular flexibility index (Phi) is 5.15. The topological polar surface area (TPSA) is 127 Å². The van der Waals surface area contributed by atoms with E-state index < -0.39 is 10.0 Å². The second kappa shape index (κ2) is 7.91. The Morgan fingerprint density at radius 3 is 2.53 bits per heavy atom. The molecule has 0 aliphatic carbocycles. The number of hydrogen-bond donors (Lipinski definition) is 2. The molecule has 30 heavy (non-hydrogen) atoms. The number of amides is 1. The van der Waals surface area contributed by atoms with Crippen LogP contribution < -0.4 is 10.0 Å². The number of hydrogen-bond acceptors (Lipinski definition) is 7. The van der Waals surface area contributed by atoms with Crippen molar-refractivity contribution in [3.8, 4) is 0 Å². The van der Waals surface area contributed by atoms with Crippen molar-refractivity contribution in [2.45, 2.75) is 18.2 Å². The third kappa shape index (κ3) is 4.28. The van der Waals surface area contributed by atoms with E-state index in [1.54, 1.807) is 6.07 Å². The fourth-order valence-corrected chi connectivity index (χ4v) is 3.79. The summed E-state index contributed by atoms with van der Waals surface area (Å²) in [6.07, 6.45) is 2.90. The van der Waals surface area contributed by atoms with E-state index in [-0.39, 0.29) is 23.2 Å². The van der Waals surface area contributed by atoms with E-state index in [4.69, 9.17) is 4.52 Å². The van der Waals surface area contributed by atoms with Gasteiger partial charge in [-0.05, 0) is 49.4 Å². The van der Waals surface area contributed by atoms with Crippen LogP contribution in [0.3, 0.4) is 0 Å². The van der Waals surface area contributed by atoms with E-state index in [1.165, 1.54) is 36.7 Å². The molecule has 0 atom stereocenters. The Morgan fingerprint density at radius 2 is 1.80 bits per heavy atom. The molecule has 0 radical (unpaired) electrons. The molecule has 2 aromatic carbocycles. The number of nitrogens with one attached hydrogen (secondary N) is 2. The van der Waals surface area contributed by atoms with E-state index >= 15 is 0 Å². The average molecular weight is 423 g/mol. The molecule has 0 aliphatic rings. The number of aromatic nitrogens is 3. The van der Waals surface area contributed by atoms with Gasteiger partial charge >= 0.3 is 0 Å². The maximum atomic E-state index is 12.4. The molecule has 0 fully saturated rings. The number of anilines is 2. The molecule has 2 aromatic heterocycles. The van der Waals surface area contributed by atoms with Crippen LogP contribution in [0.5, 0.6) is 0 Å². The Hall–Kier alpha value is -3.79. The van der Waals surface area contributed by atoms with Crippen molar-refractivity contribution in [2.24, 2.45) is 0 Å². The molecule has 9 nitrogen and oxygen atoms in total. The number of carbonyl (C=O) groups excluding carboxylic acids is 1. The van der Waals surface area contributed by atoms with Gasteiger partial charge in [0, 0.05) is 23.5 Å². The summed E-state index contributed by atoms with van der Waals surface area (Å²) in [5, 5.41) is 7.49. The highest BCUT2D eigenvalue weighted by atomic mass is 32.2. The zero-order valence-corrected chi connectivity index (χ0v) is 16.7. The lowest BCUT2D eigenvalue weighted by molar-refractivity contribution is -0.115. The van der Waals surface area contributed by atoms with Crippen LogP contribution in [0.4, 0.5) is 11.6 Å². The first-order chi connectivity index (χ1) is 14.4. The molecule has 0 saturated heterocycles. The first-order valence-electron chi connectivity index (χ1n) is 8.95. The summed E-state index contributed by atoms with van der Waals surface area (Å²) in [5.74, 6) is -0.317. The van der Waals surface area contributed by atoms with E-state index in [9.17, 15) is 13.2 Å². The fraction of sp³-hybridized carbons (Fsp3) is 0.100. The average Bonchev–Trinajstić information content (AvgIpc) is 3.10. The Morgan fingerprint density at radius 1 is 1.07 bits per heavy atom. The van der Waals surface area contributed by atoms with Gasteiger partial charge in [-0.1, -0.05) is 16.8 Å². The van der Waals surface area contributed by atoms with Gasteiger partial charge in [-0.3, -0.25) is 4.79 Å². The maximum Gasteiger partial charge on any atom is 0.264 e. The van der Waals surface area contributed by atoms with Gasteiger partial charge in [0.15, 0.2) is 5.58 Å². The normalized spacial score (nSPS) is 11.4. The van der Waals surface area contributed by atoms with Crippen molar-refractivity contribution in [1.82, 2.24) is 15.1 Å². The Balaban J connectivity index is 1.44. The van der Waals surface area contributed by atoms with Gasteiger partial charge < -0.3 is 9.84 Å². The number of benzene rings is 2. The van der Waals surface area contributed by atoms with Crippen LogP contribution in [0, 0.1) is 6.92 Å². The van der Waals surface area contributed by atoms with Crippen molar-refractivity contribution in [3.63, 3.8) is 0 Å². The van der Waals surface area contributed by atoms with Gasteiger partial charge in [0.2, 0.25) is 11.9 Å². The van der Waals surface area contributed by atoms with Gasteiger partial charge in [0.05, 0.1) is 11.3 Å². The van der Waals surface area contributed by atoms with Crippen LogP contribution in [0.15, 0.2) is 70.3 Å². The van der Waals surface area contributed by atoms with E-state index in [0.29, 0.717) is 17.0 Å². The molecule has 1 amide bonds. The first kappa shape index (κ1) is 19.5. The molecular weight excluding hydrogens is 406 g/mol. The van der Waals surface area contributed by atoms with Gasteiger partial charge in [-0.15, -0.1) is 0 Å². The third-order valence-corrected chi connectivity index (χ3v) is 5.61. The molecule has 4 aromatic rings. The van der Waals surface area contributed by atoms with Crippen molar-refractivity contribution >= 4 is 38.5 Å². The molecule has 0 unspecified atom stereocenters. The largest absolute Gasteiger partial charge is 0.356 e. The SMILES string of the molecule is Cc1ccc2onc(CC(=O)Nc3ccc(S(=O)(=O)Nc4ncccn4)cc3)c2c1. The second-order valence-corrected chi connectivity index (χ2v) is 8.24. The van der Waals surface area contributed by atoms with Crippen molar-refractivity contribution in [3.05, 3.63) is 72.2 Å². The molecule has 0 bridgehead atoms. The maximum absolute atomic E-state index is 12.4. The zero-order valence-electron chi connectivity index (χ0n) is 15.9. The minimum atomic E-state index is -3.84. The molecule has 4 rings (SSSR count). The number of aryl methyl sites for hydroxylation is 1. The number of rotatable bonds is 6. The summed E-state index contributed by atoms with van der Waals surface area (Å²) in [6, 6.07) is 13.0. The molecular formula is C20H17N5O4S. The Labute approximate surface area is 172 Å². The summed E-state index contributed by atoms with van der Waals surface area (Å²) in [7, 11) is -3.84. The van der Waals surface area contributed by atoms with E-state index in [0.717, 1.165) is 10.9 Å². The summed E-state index contributed by atoms with van der Waals surface area (Å²) < 4.78 is 32.3. The van der Waals surface area contributed by atoms with Crippen LogP contribution in [-0.2, 0) is 21.2 Å². The van der Waals surface area contributed by atoms with Crippen molar-refractivity contribution in [2.75, 3.05) is 10.0 Å². The lowest BCUT2D eigenvalue weighted by atomic mass is 10.1. The van der Waals surface area contributed by atoms with Crippen LogP contribution in [-0.4, -0.2) is 29.4 Å². The number of fused-ring (bicyclic) bond motifs is 1. The number of carbonyl (C=O) groups is 1. The van der Waals surface area contributed by atoms with Gasteiger partial charge in [0.25, 0.3) is 10.0 Å². The molecule has 2 N–H and O–H groups in total. The Bertz CT molecular complexity index is 1300. The number of nitrogens with zero attached hydrogens (tertiary/aromatic N) is 3. The zero-order chi connectivity index (χ0) is 21.1. The lowest BCUT2D eigenvalue weighted by Crippen LogP contribution is -2.16. The summed E-state index contributed by atoms with van der Waals surface area (Å²) in [6.45, 7) is 1.95. The highest BCUT2D eigenvalue weighted by Crippen LogP contribution is 2.21. The molecule has 0 saturated carbocycles. The minimum absolute atomic E-state index is 0.0194. The van der Waals surface area contributed by atoms with Crippen LogP contribution in [0.2, 0.25) is 0 Å². The molecule has 0 aliphatic heterocycles. The highest BCUT2D eigenvalue weighted by Gasteiger charge is 2.16. The summed E-state index contributed by atoms with van der Waals surface area (Å²) in [4.78, 5) is 20.1. The summed E-state index contributed by atoms with van der Waals surface area (Å²) in [5.41, 5.74) is 2.66. The van der Waals surface area contributed by atoms with Crippen molar-refractivity contribution in [1.29, 1.82) is 0 Å². The molecule has 2 heterocycles. The molecule has 152 valence electrons. The van der Waals surface area contributed by atoms with Gasteiger partial charge in [0.1, 0.15) is 5.69 Å². The third-order valence-electron chi connectivity index (χ3n) is 4.27. The van der Waals surface area contributed by atoms with Gasteiger partial charge in [-0.25, -0.2) is 23.1 Å².